The molecule has 0 spiro atoms. The third kappa shape index (κ3) is 9.96. The molecule has 0 fully saturated rings. The maximum Gasteiger partial charge on any atom is 0.408 e. The van der Waals surface area contributed by atoms with Crippen molar-refractivity contribution in [2.45, 2.75) is 78.1 Å². The lowest BCUT2D eigenvalue weighted by molar-refractivity contribution is -0.145. The standard InChI is InChI=1S/C25H39N3O7S/c1-7-16(3)28(23(32)19(15-36)27-24(33)35-25(4,5)6)21(17-9-11-18(29)12-10-17)22(31)26-14-13-20(30)34-8-2/h9-12,16,19,21,29,36H,7-8,13-15H2,1-6H3,(H,26,31)(H,27,33). The lowest BCUT2D eigenvalue weighted by atomic mass is 10.00. The molecule has 0 heterocycles. The third-order valence-corrected chi connectivity index (χ3v) is 5.53. The molecular formula is C25H39N3O7S. The molecule has 0 radical (unpaired) electrons. The van der Waals surface area contributed by atoms with Crippen molar-refractivity contribution < 1.29 is 33.8 Å². The average Bonchev–Trinajstić information content (AvgIpc) is 2.79. The minimum absolute atomic E-state index is 0.00135. The number of thiol groups is 1. The van der Waals surface area contributed by atoms with Crippen molar-refractivity contribution in [2.24, 2.45) is 0 Å². The molecule has 0 aliphatic carbocycles. The monoisotopic (exact) mass is 525 g/mol. The van der Waals surface area contributed by atoms with Crippen molar-refractivity contribution in [3.63, 3.8) is 0 Å². The van der Waals surface area contributed by atoms with Gasteiger partial charge in [0.25, 0.3) is 0 Å². The Hall–Kier alpha value is -2.95. The van der Waals surface area contributed by atoms with Crippen LogP contribution >= 0.6 is 12.6 Å². The van der Waals surface area contributed by atoms with Gasteiger partial charge in [0.15, 0.2) is 0 Å². The van der Waals surface area contributed by atoms with Crippen LogP contribution in [0.25, 0.3) is 0 Å². The predicted octanol–water partition coefficient (Wildman–Crippen LogP) is 2.95. The largest absolute Gasteiger partial charge is 0.508 e. The Labute approximate surface area is 218 Å². The Bertz CT molecular complexity index is 887. The first-order valence-electron chi connectivity index (χ1n) is 12.0. The number of esters is 1. The first kappa shape index (κ1) is 31.1. The van der Waals surface area contributed by atoms with Gasteiger partial charge in [-0.1, -0.05) is 19.1 Å². The van der Waals surface area contributed by atoms with Crippen LogP contribution in [0.15, 0.2) is 24.3 Å². The van der Waals surface area contributed by atoms with E-state index < -0.39 is 47.6 Å². The van der Waals surface area contributed by atoms with Gasteiger partial charge < -0.3 is 30.1 Å². The molecule has 3 unspecified atom stereocenters. The van der Waals surface area contributed by atoms with Crippen LogP contribution in [0.1, 0.15) is 66.0 Å². The Balaban J connectivity index is 3.32. The molecular weight excluding hydrogens is 486 g/mol. The summed E-state index contributed by atoms with van der Waals surface area (Å²) in [5, 5.41) is 15.0. The Morgan fingerprint density at radius 1 is 1.11 bits per heavy atom. The van der Waals surface area contributed by atoms with Crippen molar-refractivity contribution in [3.8, 4) is 5.75 Å². The van der Waals surface area contributed by atoms with Crippen LogP contribution in [0.4, 0.5) is 4.79 Å². The molecule has 0 aromatic heterocycles. The Morgan fingerprint density at radius 3 is 2.22 bits per heavy atom. The number of amides is 3. The van der Waals surface area contributed by atoms with Gasteiger partial charge in [0.2, 0.25) is 11.8 Å². The van der Waals surface area contributed by atoms with E-state index in [-0.39, 0.29) is 31.1 Å². The number of ether oxygens (including phenoxy) is 2. The van der Waals surface area contributed by atoms with E-state index in [9.17, 15) is 24.3 Å². The molecule has 1 aromatic carbocycles. The normalized spacial score (nSPS) is 13.6. The first-order chi connectivity index (χ1) is 16.8. The number of hydrogen-bond donors (Lipinski definition) is 4. The number of alkyl carbamates (subject to hydrolysis) is 1. The molecule has 11 heteroatoms. The molecule has 0 saturated heterocycles. The molecule has 0 bridgehead atoms. The smallest absolute Gasteiger partial charge is 0.408 e. The molecule has 36 heavy (non-hydrogen) atoms. The summed E-state index contributed by atoms with van der Waals surface area (Å²) in [5.41, 5.74) is -0.316. The van der Waals surface area contributed by atoms with E-state index in [4.69, 9.17) is 9.47 Å². The minimum Gasteiger partial charge on any atom is -0.508 e. The van der Waals surface area contributed by atoms with Crippen LogP contribution in [-0.4, -0.2) is 70.5 Å². The van der Waals surface area contributed by atoms with E-state index in [1.54, 1.807) is 46.8 Å². The SMILES string of the molecule is CCOC(=O)CCNC(=O)C(c1ccc(O)cc1)N(C(=O)C(CS)NC(=O)OC(C)(C)C)C(C)CC. The second-order valence-electron chi connectivity index (χ2n) is 9.22. The topological polar surface area (TPSA) is 134 Å². The molecule has 3 amide bonds. The highest BCUT2D eigenvalue weighted by Crippen LogP contribution is 2.27. The van der Waals surface area contributed by atoms with Gasteiger partial charge in [0.05, 0.1) is 13.0 Å². The highest BCUT2D eigenvalue weighted by atomic mass is 32.1. The number of carbonyl (C=O) groups is 4. The van der Waals surface area contributed by atoms with E-state index in [2.05, 4.69) is 23.3 Å². The summed E-state index contributed by atoms with van der Waals surface area (Å²) in [4.78, 5) is 52.6. The number of hydrogen-bond acceptors (Lipinski definition) is 8. The lowest BCUT2D eigenvalue weighted by Gasteiger charge is -2.38. The van der Waals surface area contributed by atoms with Crippen LogP contribution in [0, 0.1) is 0 Å². The molecule has 202 valence electrons. The van der Waals surface area contributed by atoms with Crippen LogP contribution in [-0.2, 0) is 23.9 Å². The molecule has 0 saturated carbocycles. The zero-order valence-corrected chi connectivity index (χ0v) is 22.8. The van der Waals surface area contributed by atoms with E-state index in [1.165, 1.54) is 17.0 Å². The summed E-state index contributed by atoms with van der Waals surface area (Å²) in [7, 11) is 0. The van der Waals surface area contributed by atoms with Crippen LogP contribution in [0.2, 0.25) is 0 Å². The zero-order chi connectivity index (χ0) is 27.5. The van der Waals surface area contributed by atoms with E-state index in [0.717, 1.165) is 0 Å². The van der Waals surface area contributed by atoms with Gasteiger partial charge in [-0.3, -0.25) is 14.4 Å². The molecule has 10 nitrogen and oxygen atoms in total. The summed E-state index contributed by atoms with van der Waals surface area (Å²) in [5.74, 6) is -1.53. The zero-order valence-electron chi connectivity index (χ0n) is 21.9. The van der Waals surface area contributed by atoms with Crippen molar-refractivity contribution in [1.29, 1.82) is 0 Å². The van der Waals surface area contributed by atoms with Crippen molar-refractivity contribution >= 4 is 36.5 Å². The molecule has 1 rings (SSSR count). The summed E-state index contributed by atoms with van der Waals surface area (Å²) < 4.78 is 10.2. The molecule has 0 aliphatic rings. The number of benzene rings is 1. The number of nitrogens with one attached hydrogen (secondary N) is 2. The van der Waals surface area contributed by atoms with Gasteiger partial charge in [-0.05, 0) is 58.7 Å². The number of nitrogens with zero attached hydrogens (tertiary/aromatic N) is 1. The third-order valence-electron chi connectivity index (χ3n) is 5.16. The lowest BCUT2D eigenvalue weighted by Crippen LogP contribution is -2.56. The fourth-order valence-corrected chi connectivity index (χ4v) is 3.57. The van der Waals surface area contributed by atoms with Gasteiger partial charge in [-0.15, -0.1) is 0 Å². The van der Waals surface area contributed by atoms with Gasteiger partial charge in [0, 0.05) is 18.3 Å². The fraction of sp³-hybridized carbons (Fsp3) is 0.600. The number of phenolic OH excluding ortho intramolecular Hbond substituents is 1. The maximum atomic E-state index is 13.7. The predicted molar refractivity (Wildman–Crippen MR) is 139 cm³/mol. The van der Waals surface area contributed by atoms with Crippen LogP contribution in [0.3, 0.4) is 0 Å². The fourth-order valence-electron chi connectivity index (χ4n) is 3.32. The first-order valence-corrected chi connectivity index (χ1v) is 12.6. The van der Waals surface area contributed by atoms with Crippen molar-refractivity contribution in [1.82, 2.24) is 15.5 Å². The second-order valence-corrected chi connectivity index (χ2v) is 9.59. The summed E-state index contributed by atoms with van der Waals surface area (Å²) >= 11 is 4.25. The van der Waals surface area contributed by atoms with Crippen LogP contribution < -0.4 is 10.6 Å². The molecule has 1 aromatic rings. The van der Waals surface area contributed by atoms with E-state index in [0.29, 0.717) is 12.0 Å². The summed E-state index contributed by atoms with van der Waals surface area (Å²) in [6.07, 6.45) is -0.292. The maximum absolute atomic E-state index is 13.7. The van der Waals surface area contributed by atoms with Gasteiger partial charge in [-0.25, -0.2) is 4.79 Å². The summed E-state index contributed by atoms with van der Waals surface area (Å²) in [6, 6.07) is 3.36. The Kier molecular flexibility index (Phi) is 12.6. The number of aromatic hydroxyl groups is 1. The average molecular weight is 526 g/mol. The quantitative estimate of drug-likeness (QED) is 0.243. The molecule has 3 N–H and O–H groups in total. The van der Waals surface area contributed by atoms with Crippen molar-refractivity contribution in [3.05, 3.63) is 29.8 Å². The highest BCUT2D eigenvalue weighted by Gasteiger charge is 2.38. The number of rotatable bonds is 12. The second kappa shape index (κ2) is 14.6. The highest BCUT2D eigenvalue weighted by molar-refractivity contribution is 7.80. The number of phenols is 1. The molecule has 3 atom stereocenters. The summed E-state index contributed by atoms with van der Waals surface area (Å²) in [6.45, 7) is 10.7. The number of carbonyl (C=O) groups excluding carboxylic acids is 4. The van der Waals surface area contributed by atoms with E-state index in [1.807, 2.05) is 6.92 Å². The van der Waals surface area contributed by atoms with Gasteiger partial charge >= 0.3 is 12.1 Å². The van der Waals surface area contributed by atoms with Crippen LogP contribution in [0.5, 0.6) is 5.75 Å². The minimum atomic E-state index is -1.10. The van der Waals surface area contributed by atoms with Crippen molar-refractivity contribution in [2.75, 3.05) is 18.9 Å². The van der Waals surface area contributed by atoms with Gasteiger partial charge in [0.1, 0.15) is 23.4 Å². The Morgan fingerprint density at radius 2 is 1.72 bits per heavy atom. The molecule has 0 aliphatic heterocycles. The van der Waals surface area contributed by atoms with E-state index >= 15 is 0 Å². The van der Waals surface area contributed by atoms with Gasteiger partial charge in [-0.2, -0.15) is 12.6 Å².